The van der Waals surface area contributed by atoms with E-state index in [1.54, 1.807) is 0 Å². The van der Waals surface area contributed by atoms with E-state index >= 15 is 0 Å². The Bertz CT molecular complexity index is 3520. The summed E-state index contributed by atoms with van der Waals surface area (Å²) in [5.41, 5.74) is 3.72. The summed E-state index contributed by atoms with van der Waals surface area (Å²) in [5, 5.41) is 7.66. The van der Waals surface area contributed by atoms with Gasteiger partial charge in [0.15, 0.2) is 0 Å². The van der Waals surface area contributed by atoms with Gasteiger partial charge in [0.2, 0.25) is 17.7 Å². The Balaban J connectivity index is 1.15. The third kappa shape index (κ3) is 21.1. The van der Waals surface area contributed by atoms with Gasteiger partial charge in [-0.1, -0.05) is 149 Å². The van der Waals surface area contributed by atoms with Gasteiger partial charge in [0, 0.05) is 68.0 Å². The summed E-state index contributed by atoms with van der Waals surface area (Å²) in [4.78, 5) is 83.9. The lowest BCUT2D eigenvalue weighted by atomic mass is 9.44. The lowest BCUT2D eigenvalue weighted by Crippen LogP contribution is -2.59. The molecule has 3 aromatic rings. The predicted octanol–water partition coefficient (Wildman–Crippen LogP) is 9.97. The highest BCUT2D eigenvalue weighted by molar-refractivity contribution is 7.86. The van der Waals surface area contributed by atoms with E-state index in [1.807, 2.05) is 72.8 Å². The monoisotopic (exact) mass is 1370 g/mol. The molecular formula is C70H101N3O18S3. The predicted molar refractivity (Wildman–Crippen MR) is 356 cm³/mol. The molecule has 0 aliphatic heterocycles. The van der Waals surface area contributed by atoms with Crippen LogP contribution < -0.4 is 16.0 Å². The number of esters is 3. The average molecular weight is 1370 g/mol. The van der Waals surface area contributed by atoms with Crippen LogP contribution >= 0.6 is 0 Å². The smallest absolute Gasteiger partial charge is 0.306 e. The number of rotatable bonds is 27. The molecule has 3 amide bonds. The zero-order valence-electron chi connectivity index (χ0n) is 56.5. The van der Waals surface area contributed by atoms with Crippen molar-refractivity contribution in [3.8, 4) is 0 Å². The quantitative estimate of drug-likeness (QED) is 0.0235. The third-order valence-electron chi connectivity index (χ3n) is 20.7. The summed E-state index contributed by atoms with van der Waals surface area (Å²) in [5.74, 6) is -7.36. The summed E-state index contributed by atoms with van der Waals surface area (Å²) in [6.45, 7) is 22.1. The second-order valence-electron chi connectivity index (χ2n) is 30.6. The first-order valence-electron chi connectivity index (χ1n) is 33.0. The molecule has 94 heavy (non-hydrogen) atoms. The highest BCUT2D eigenvalue weighted by atomic mass is 32.2. The summed E-state index contributed by atoms with van der Waals surface area (Å²) >= 11 is 0. The largest absolute Gasteiger partial charge is 0.462 e. The molecule has 0 spiro atoms. The molecule has 4 aliphatic rings. The van der Waals surface area contributed by atoms with Crippen molar-refractivity contribution in [1.29, 1.82) is 0 Å². The van der Waals surface area contributed by atoms with Crippen molar-refractivity contribution in [1.82, 2.24) is 16.0 Å². The second-order valence-corrected chi connectivity index (χ2v) is 35.3. The summed E-state index contributed by atoms with van der Waals surface area (Å²) in [6, 6.07) is 23.0. The van der Waals surface area contributed by atoms with Crippen LogP contribution in [0.2, 0.25) is 0 Å². The van der Waals surface area contributed by atoms with Gasteiger partial charge in [0.25, 0.3) is 30.4 Å². The number of carbonyl (C=O) groups is 6. The van der Waals surface area contributed by atoms with Crippen molar-refractivity contribution in [2.45, 2.75) is 218 Å². The van der Waals surface area contributed by atoms with Crippen LogP contribution in [0.3, 0.4) is 0 Å². The molecule has 0 heterocycles. The number of nitrogens with one attached hydrogen (secondary N) is 3. The van der Waals surface area contributed by atoms with E-state index in [9.17, 15) is 67.7 Å². The molecule has 4 fully saturated rings. The Labute approximate surface area is 556 Å². The molecule has 0 radical (unpaired) electrons. The van der Waals surface area contributed by atoms with Gasteiger partial charge in [-0.25, -0.2) is 0 Å². The molecule has 3 aromatic carbocycles. The molecule has 7 rings (SSSR count). The highest BCUT2D eigenvalue weighted by Crippen LogP contribution is 2.67. The van der Waals surface area contributed by atoms with Crippen LogP contribution in [0.15, 0.2) is 72.8 Å². The van der Waals surface area contributed by atoms with E-state index < -0.39 is 130 Å². The fourth-order valence-electron chi connectivity index (χ4n) is 15.4. The molecule has 12 atom stereocenters. The van der Waals surface area contributed by atoms with Gasteiger partial charge in [0.1, 0.15) is 18.3 Å². The van der Waals surface area contributed by atoms with Gasteiger partial charge in [-0.05, 0) is 124 Å². The number of hydrogen-bond donors (Lipinski definition) is 6. The topological polar surface area (TPSA) is 329 Å². The minimum Gasteiger partial charge on any atom is -0.462 e. The number of hydrogen-bond acceptors (Lipinski definition) is 15. The second kappa shape index (κ2) is 30.3. The Morgan fingerprint density at radius 3 is 1.15 bits per heavy atom. The van der Waals surface area contributed by atoms with Crippen molar-refractivity contribution in [2.75, 3.05) is 36.9 Å². The first kappa shape index (κ1) is 75.6. The van der Waals surface area contributed by atoms with Crippen LogP contribution in [0.1, 0.15) is 217 Å². The zero-order valence-corrected chi connectivity index (χ0v) is 59.0. The molecule has 0 aromatic heterocycles. The third-order valence-corrected chi connectivity index (χ3v) is 22.9. The van der Waals surface area contributed by atoms with E-state index in [-0.39, 0.29) is 98.1 Å². The first-order chi connectivity index (χ1) is 43.5. The van der Waals surface area contributed by atoms with E-state index in [1.165, 1.54) is 0 Å². The zero-order chi connectivity index (χ0) is 69.6. The van der Waals surface area contributed by atoms with E-state index in [0.29, 0.717) is 49.7 Å². The summed E-state index contributed by atoms with van der Waals surface area (Å²) < 4.78 is 117. The number of fused-ring (bicyclic) bond motifs is 5. The lowest BCUT2D eigenvalue weighted by molar-refractivity contribution is -0.202. The Kier molecular flexibility index (Phi) is 24.4. The molecule has 21 nitrogen and oxygen atoms in total. The van der Waals surface area contributed by atoms with Crippen molar-refractivity contribution < 1.29 is 81.9 Å². The highest BCUT2D eigenvalue weighted by Gasteiger charge is 2.64. The fraction of sp³-hybridized carbons (Fsp3) is 0.657. The van der Waals surface area contributed by atoms with E-state index in [0.717, 1.165) is 35.1 Å². The maximum atomic E-state index is 14.9. The molecule has 4 aliphatic carbocycles. The van der Waals surface area contributed by atoms with Crippen molar-refractivity contribution in [3.63, 3.8) is 0 Å². The normalized spacial score (nSPS) is 25.0. The van der Waals surface area contributed by atoms with Crippen LogP contribution in [0.5, 0.6) is 0 Å². The van der Waals surface area contributed by atoms with Crippen molar-refractivity contribution in [2.24, 2.45) is 34.5 Å². The van der Waals surface area contributed by atoms with Crippen molar-refractivity contribution in [3.05, 3.63) is 106 Å². The van der Waals surface area contributed by atoms with Gasteiger partial charge in [-0.15, -0.1) is 0 Å². The van der Waals surface area contributed by atoms with Gasteiger partial charge >= 0.3 is 17.9 Å². The van der Waals surface area contributed by atoms with E-state index in [4.69, 9.17) is 14.2 Å². The summed E-state index contributed by atoms with van der Waals surface area (Å²) in [7, 11) is -13.1. The molecule has 4 saturated carbocycles. The van der Waals surface area contributed by atoms with Gasteiger partial charge in [0.05, 0.1) is 36.5 Å². The maximum absolute atomic E-state index is 14.9. The van der Waals surface area contributed by atoms with E-state index in [2.05, 4.69) is 92.1 Å². The lowest BCUT2D eigenvalue weighted by Gasteiger charge is -2.62. The SMILES string of the molecule is CC(C)(C)c1ccc(C(CC(=O)NCCS(=O)(=O)O)CC(=O)O[C@H]2CC[C@@]3(C)[C@H](C2)[C@@H](OC(=O)CC(CC(=O)NCCS(=O)(=O)O)c2ccc(C(C)(C)C)cc2)C[C@@H]2[C@@H]3CC[C@]3(C)[C@@H](OC(=O)CC(CC(=O)NCCS(=O)(=O)O)c4ccc(C(C)(C)C)cc4)CC[C@@H]23)cc1. The minimum absolute atomic E-state index is 0.00973. The number of benzene rings is 3. The molecule has 0 saturated heterocycles. The van der Waals surface area contributed by atoms with Crippen LogP contribution in [-0.2, 0) is 89.6 Å². The Morgan fingerprint density at radius 1 is 0.447 bits per heavy atom. The standard InChI is InChI=1S/C70H101N3O18S3/c1-66(2,3)50-18-12-44(13-19-50)47(36-60(74)71-30-33-92(80,81)82)39-63(77)89-53-26-28-69(10)56-27-29-70(11)55(24-25-59(70)91-65(79)41-49(38-62(76)73-32-35-94(86,87)88)46-16-22-52(23-17-46)68(7,8)9)54(56)43-58(57(69)42-53)90-64(78)40-48(37-61(75)72-31-34-93(83,84)85)45-14-20-51(21-15-45)67(4,5)6/h12-23,47-49,53-59H,24-43H2,1-11H3,(H,71,74)(H,72,75)(H,73,76)(H,80,81,82)(H,83,84,85)(H,86,87,88)/t47?,48?,49?,53-,54-,55-,56-,57+,58-,59-,69+,70-/m0/s1. The number of carbonyl (C=O) groups excluding carboxylic acids is 6. The van der Waals surface area contributed by atoms with Crippen LogP contribution in [0, 0.1) is 34.5 Å². The molecule has 0 bridgehead atoms. The number of amides is 3. The molecular weight excluding hydrogens is 1270 g/mol. The van der Waals surface area contributed by atoms with Crippen LogP contribution in [0.4, 0.5) is 0 Å². The van der Waals surface area contributed by atoms with Crippen LogP contribution in [-0.4, -0.2) is 130 Å². The fourth-order valence-corrected chi connectivity index (χ4v) is 16.5. The number of ether oxygens (including phenoxy) is 3. The van der Waals surface area contributed by atoms with Crippen molar-refractivity contribution >= 4 is 66.0 Å². The first-order valence-corrected chi connectivity index (χ1v) is 37.9. The minimum atomic E-state index is -4.38. The Morgan fingerprint density at radius 2 is 0.787 bits per heavy atom. The Hall–Kier alpha value is -5.79. The maximum Gasteiger partial charge on any atom is 0.306 e. The molecule has 24 heteroatoms. The molecule has 522 valence electrons. The van der Waals surface area contributed by atoms with Gasteiger partial charge in [-0.3, -0.25) is 42.4 Å². The molecule has 3 unspecified atom stereocenters. The average Bonchev–Trinajstić information content (AvgIpc) is 1.31. The molecule has 6 N–H and O–H groups in total. The summed E-state index contributed by atoms with van der Waals surface area (Å²) in [6.07, 6.45) is 1.78. The van der Waals surface area contributed by atoms with Crippen LogP contribution in [0.25, 0.3) is 0 Å². The van der Waals surface area contributed by atoms with Gasteiger partial charge < -0.3 is 30.2 Å². The van der Waals surface area contributed by atoms with Gasteiger partial charge in [-0.2, -0.15) is 25.3 Å².